The Morgan fingerprint density at radius 2 is 1.91 bits per heavy atom. The van der Waals surface area contributed by atoms with Gasteiger partial charge in [0.2, 0.25) is 0 Å². The molecular formula is C19H24N2O. The van der Waals surface area contributed by atoms with Crippen LogP contribution in [0.1, 0.15) is 23.6 Å². The Morgan fingerprint density at radius 1 is 1.18 bits per heavy atom. The third kappa shape index (κ3) is 4.10. The predicted octanol–water partition coefficient (Wildman–Crippen LogP) is 4.21. The van der Waals surface area contributed by atoms with Crippen molar-refractivity contribution in [1.29, 1.82) is 0 Å². The van der Waals surface area contributed by atoms with Gasteiger partial charge in [-0.25, -0.2) is 4.99 Å². The van der Waals surface area contributed by atoms with E-state index < -0.39 is 0 Å². The van der Waals surface area contributed by atoms with Gasteiger partial charge in [-0.15, -0.1) is 0 Å². The van der Waals surface area contributed by atoms with Crippen molar-refractivity contribution in [2.45, 2.75) is 20.3 Å². The lowest BCUT2D eigenvalue weighted by atomic mass is 9.99. The van der Waals surface area contributed by atoms with E-state index in [1.807, 2.05) is 25.5 Å². The fourth-order valence-corrected chi connectivity index (χ4v) is 2.22. The first kappa shape index (κ1) is 16.1. The van der Waals surface area contributed by atoms with E-state index in [1.54, 1.807) is 7.11 Å². The van der Waals surface area contributed by atoms with Gasteiger partial charge in [-0.2, -0.15) is 0 Å². The topological polar surface area (TPSA) is 24.8 Å². The summed E-state index contributed by atoms with van der Waals surface area (Å²) in [7, 11) is 3.71. The zero-order valence-electron chi connectivity index (χ0n) is 13.8. The molecule has 22 heavy (non-hydrogen) atoms. The van der Waals surface area contributed by atoms with E-state index in [1.165, 1.54) is 16.7 Å². The van der Waals surface area contributed by atoms with Gasteiger partial charge in [0.15, 0.2) is 0 Å². The molecule has 0 aliphatic rings. The van der Waals surface area contributed by atoms with Crippen molar-refractivity contribution in [3.63, 3.8) is 0 Å². The van der Waals surface area contributed by atoms with Crippen LogP contribution in [0.3, 0.4) is 0 Å². The average molecular weight is 296 g/mol. The van der Waals surface area contributed by atoms with Gasteiger partial charge in [-0.1, -0.05) is 30.3 Å². The molecule has 0 saturated heterocycles. The number of nitrogens with zero attached hydrogens (tertiary/aromatic N) is 2. The molecule has 116 valence electrons. The molecule has 0 unspecified atom stereocenters. The van der Waals surface area contributed by atoms with Crippen molar-refractivity contribution in [3.8, 4) is 5.75 Å². The van der Waals surface area contributed by atoms with Crippen LogP contribution in [0.25, 0.3) is 0 Å². The molecule has 0 amide bonds. The second kappa shape index (κ2) is 7.64. The zero-order chi connectivity index (χ0) is 15.9. The molecule has 3 heteroatoms. The summed E-state index contributed by atoms with van der Waals surface area (Å²) in [4.78, 5) is 6.66. The van der Waals surface area contributed by atoms with E-state index in [0.717, 1.165) is 24.4 Å². The van der Waals surface area contributed by atoms with E-state index >= 15 is 0 Å². The summed E-state index contributed by atoms with van der Waals surface area (Å²) in [6.45, 7) is 5.16. The first-order chi connectivity index (χ1) is 10.6. The molecule has 0 N–H and O–H groups in total. The lowest BCUT2D eigenvalue weighted by molar-refractivity contribution is 0.414. The van der Waals surface area contributed by atoms with E-state index in [0.29, 0.717) is 0 Å². The van der Waals surface area contributed by atoms with Crippen LogP contribution in [-0.2, 0) is 6.42 Å². The van der Waals surface area contributed by atoms with Crippen LogP contribution < -0.4 is 4.74 Å². The number of hydrogen-bond donors (Lipinski definition) is 0. The third-order valence-electron chi connectivity index (χ3n) is 3.83. The molecule has 0 bridgehead atoms. The standard InChI is InChI=1S/C19H24N2O/c1-5-21(3)14-20-19-13-18(22-4)12-17(15(19)2)11-16-9-7-6-8-10-16/h6-10,12-14H,5,11H2,1-4H3. The summed E-state index contributed by atoms with van der Waals surface area (Å²) in [6.07, 6.45) is 2.75. The number of aliphatic imine (C=N–C) groups is 1. The molecule has 0 atom stereocenters. The van der Waals surface area contributed by atoms with E-state index in [2.05, 4.69) is 54.1 Å². The van der Waals surface area contributed by atoms with Gasteiger partial charge in [-0.05, 0) is 43.0 Å². The quantitative estimate of drug-likeness (QED) is 0.589. The Kier molecular flexibility index (Phi) is 5.59. The Balaban J connectivity index is 2.35. The molecule has 0 saturated carbocycles. The van der Waals surface area contributed by atoms with Crippen molar-refractivity contribution >= 4 is 12.0 Å². The minimum atomic E-state index is 0.850. The van der Waals surface area contributed by atoms with Gasteiger partial charge in [-0.3, -0.25) is 0 Å². The van der Waals surface area contributed by atoms with Gasteiger partial charge in [0.1, 0.15) is 5.75 Å². The molecule has 0 aliphatic heterocycles. The summed E-state index contributed by atoms with van der Waals surface area (Å²) < 4.78 is 5.43. The van der Waals surface area contributed by atoms with Crippen LogP contribution in [-0.4, -0.2) is 31.9 Å². The molecule has 2 rings (SSSR count). The normalized spacial score (nSPS) is 10.9. The monoisotopic (exact) mass is 296 g/mol. The van der Waals surface area contributed by atoms with Crippen LogP contribution >= 0.6 is 0 Å². The average Bonchev–Trinajstić information content (AvgIpc) is 2.56. The molecule has 2 aromatic rings. The largest absolute Gasteiger partial charge is 0.497 e. The van der Waals surface area contributed by atoms with Crippen LogP contribution in [0, 0.1) is 6.92 Å². The summed E-state index contributed by atoms with van der Waals surface area (Å²) in [5.41, 5.74) is 4.70. The lowest BCUT2D eigenvalue weighted by Crippen LogP contribution is -2.14. The molecular weight excluding hydrogens is 272 g/mol. The fraction of sp³-hybridized carbons (Fsp3) is 0.316. The number of rotatable bonds is 6. The van der Waals surface area contributed by atoms with Gasteiger partial charge in [0, 0.05) is 19.7 Å². The zero-order valence-corrected chi connectivity index (χ0v) is 13.8. The Morgan fingerprint density at radius 3 is 2.55 bits per heavy atom. The highest BCUT2D eigenvalue weighted by molar-refractivity contribution is 5.65. The molecule has 0 aromatic heterocycles. The van der Waals surface area contributed by atoms with Gasteiger partial charge < -0.3 is 9.64 Å². The summed E-state index contributed by atoms with van der Waals surface area (Å²) in [6, 6.07) is 14.6. The minimum absolute atomic E-state index is 0.850. The second-order valence-electron chi connectivity index (χ2n) is 5.41. The number of ether oxygens (including phenoxy) is 1. The first-order valence-electron chi connectivity index (χ1n) is 7.60. The van der Waals surface area contributed by atoms with Crippen LogP contribution in [0.2, 0.25) is 0 Å². The molecule has 0 spiro atoms. The molecule has 0 fully saturated rings. The van der Waals surface area contributed by atoms with E-state index in [4.69, 9.17) is 4.74 Å². The van der Waals surface area contributed by atoms with Crippen molar-refractivity contribution in [1.82, 2.24) is 4.90 Å². The SMILES string of the molecule is CCN(C)C=Nc1cc(OC)cc(Cc2ccccc2)c1C. The smallest absolute Gasteiger partial charge is 0.121 e. The van der Waals surface area contributed by atoms with E-state index in [9.17, 15) is 0 Å². The van der Waals surface area contributed by atoms with Crippen LogP contribution in [0.4, 0.5) is 5.69 Å². The van der Waals surface area contributed by atoms with Gasteiger partial charge >= 0.3 is 0 Å². The molecule has 0 heterocycles. The number of methoxy groups -OCH3 is 1. The Hall–Kier alpha value is -2.29. The lowest BCUT2D eigenvalue weighted by Gasteiger charge is -2.13. The summed E-state index contributed by atoms with van der Waals surface area (Å²) in [5.74, 6) is 0.850. The highest BCUT2D eigenvalue weighted by Gasteiger charge is 2.08. The maximum atomic E-state index is 5.43. The fourth-order valence-electron chi connectivity index (χ4n) is 2.22. The minimum Gasteiger partial charge on any atom is -0.497 e. The highest BCUT2D eigenvalue weighted by atomic mass is 16.5. The van der Waals surface area contributed by atoms with Crippen LogP contribution in [0.15, 0.2) is 47.5 Å². The third-order valence-corrected chi connectivity index (χ3v) is 3.83. The number of benzene rings is 2. The van der Waals surface area contributed by atoms with Crippen molar-refractivity contribution in [3.05, 3.63) is 59.2 Å². The highest BCUT2D eigenvalue weighted by Crippen LogP contribution is 2.29. The Bertz CT molecular complexity index is 635. The van der Waals surface area contributed by atoms with Crippen molar-refractivity contribution < 1.29 is 4.74 Å². The predicted molar refractivity (Wildman–Crippen MR) is 93.4 cm³/mol. The van der Waals surface area contributed by atoms with Crippen molar-refractivity contribution in [2.75, 3.05) is 20.7 Å². The van der Waals surface area contributed by atoms with Gasteiger partial charge in [0.05, 0.1) is 19.1 Å². The summed E-state index contributed by atoms with van der Waals surface area (Å²) >= 11 is 0. The number of hydrogen-bond acceptors (Lipinski definition) is 2. The molecule has 0 aliphatic carbocycles. The maximum Gasteiger partial charge on any atom is 0.121 e. The molecule has 0 radical (unpaired) electrons. The van der Waals surface area contributed by atoms with E-state index in [-0.39, 0.29) is 0 Å². The Labute approximate surface area is 133 Å². The second-order valence-corrected chi connectivity index (χ2v) is 5.41. The molecule has 2 aromatic carbocycles. The van der Waals surface area contributed by atoms with Crippen molar-refractivity contribution in [2.24, 2.45) is 4.99 Å². The maximum absolute atomic E-state index is 5.43. The van der Waals surface area contributed by atoms with Gasteiger partial charge in [0.25, 0.3) is 0 Å². The molecule has 3 nitrogen and oxygen atoms in total. The first-order valence-corrected chi connectivity index (χ1v) is 7.60. The summed E-state index contributed by atoms with van der Waals surface area (Å²) in [5, 5.41) is 0. The van der Waals surface area contributed by atoms with Crippen LogP contribution in [0.5, 0.6) is 5.75 Å².